The van der Waals surface area contributed by atoms with E-state index in [-0.39, 0.29) is 17.7 Å². The van der Waals surface area contributed by atoms with Crippen LogP contribution in [0.5, 0.6) is 0 Å². The first-order chi connectivity index (χ1) is 10.7. The van der Waals surface area contributed by atoms with Gasteiger partial charge in [-0.1, -0.05) is 12.2 Å². The zero-order valence-electron chi connectivity index (χ0n) is 12.4. The number of amides is 2. The molecule has 2 saturated carbocycles. The molecule has 0 aliphatic heterocycles. The van der Waals surface area contributed by atoms with Crippen molar-refractivity contribution in [2.75, 3.05) is 5.32 Å². The van der Waals surface area contributed by atoms with Crippen molar-refractivity contribution in [3.8, 4) is 0 Å². The Bertz CT molecular complexity index is 631. The molecule has 1 aromatic rings. The van der Waals surface area contributed by atoms with Gasteiger partial charge in [-0.3, -0.25) is 9.59 Å². The number of carbonyl (C=O) groups excluding carboxylic acids is 2. The van der Waals surface area contributed by atoms with Gasteiger partial charge in [-0.05, 0) is 61.8 Å². The Labute approximate surface area is 130 Å². The molecule has 4 rings (SSSR count). The van der Waals surface area contributed by atoms with Crippen molar-refractivity contribution >= 4 is 17.5 Å². The fraction of sp³-hybridized carbons (Fsp3) is 0.444. The molecular formula is C18H20N2O2. The summed E-state index contributed by atoms with van der Waals surface area (Å²) < 4.78 is 0. The van der Waals surface area contributed by atoms with E-state index in [9.17, 15) is 9.59 Å². The van der Waals surface area contributed by atoms with Crippen LogP contribution in [0.3, 0.4) is 0 Å². The van der Waals surface area contributed by atoms with E-state index >= 15 is 0 Å². The number of carbonyl (C=O) groups is 2. The van der Waals surface area contributed by atoms with E-state index in [1.165, 1.54) is 0 Å². The largest absolute Gasteiger partial charge is 0.349 e. The van der Waals surface area contributed by atoms with Gasteiger partial charge in [-0.25, -0.2) is 0 Å². The number of hydrogen-bond donors (Lipinski definition) is 2. The maximum absolute atomic E-state index is 12.4. The summed E-state index contributed by atoms with van der Waals surface area (Å²) in [5.41, 5.74) is 1.41. The van der Waals surface area contributed by atoms with Crippen molar-refractivity contribution in [3.63, 3.8) is 0 Å². The molecule has 0 heterocycles. The predicted molar refractivity (Wildman–Crippen MR) is 84.4 cm³/mol. The Morgan fingerprint density at radius 1 is 1.00 bits per heavy atom. The summed E-state index contributed by atoms with van der Waals surface area (Å²) in [4.78, 5) is 24.3. The van der Waals surface area contributed by atoms with Crippen LogP contribution in [0.1, 0.15) is 36.0 Å². The predicted octanol–water partition coefficient (Wildman–Crippen LogP) is 2.73. The second kappa shape index (κ2) is 5.27. The molecule has 0 spiro atoms. The molecule has 114 valence electrons. The van der Waals surface area contributed by atoms with Gasteiger partial charge in [0.25, 0.3) is 5.91 Å². The topological polar surface area (TPSA) is 58.2 Å². The first-order valence-corrected chi connectivity index (χ1v) is 8.09. The number of fused-ring (bicyclic) bond motifs is 2. The fourth-order valence-corrected chi connectivity index (χ4v) is 3.52. The molecule has 4 heteroatoms. The van der Waals surface area contributed by atoms with Gasteiger partial charge in [0, 0.05) is 23.2 Å². The third-order valence-corrected chi connectivity index (χ3v) is 4.94. The van der Waals surface area contributed by atoms with Crippen molar-refractivity contribution in [2.24, 2.45) is 17.8 Å². The summed E-state index contributed by atoms with van der Waals surface area (Å²) in [5.74, 6) is 1.18. The van der Waals surface area contributed by atoms with Crippen LogP contribution in [0.2, 0.25) is 0 Å². The first-order valence-electron chi connectivity index (χ1n) is 8.09. The van der Waals surface area contributed by atoms with Crippen LogP contribution in [-0.4, -0.2) is 17.9 Å². The van der Waals surface area contributed by atoms with E-state index in [0.29, 0.717) is 23.4 Å². The number of nitrogens with one attached hydrogen (secondary N) is 2. The molecule has 0 radical (unpaired) electrons. The highest BCUT2D eigenvalue weighted by atomic mass is 16.2. The molecule has 3 aliphatic rings. The van der Waals surface area contributed by atoms with Gasteiger partial charge in [-0.2, -0.15) is 0 Å². The minimum Gasteiger partial charge on any atom is -0.349 e. The molecule has 0 saturated heterocycles. The van der Waals surface area contributed by atoms with Gasteiger partial charge < -0.3 is 10.6 Å². The van der Waals surface area contributed by atoms with Crippen molar-refractivity contribution in [1.29, 1.82) is 0 Å². The SMILES string of the molecule is O=C(NC1CC1)c1ccc(NC(=O)[C@@H]2C[C@H]3C=C[C@H]2C3)cc1. The van der Waals surface area contributed by atoms with E-state index < -0.39 is 0 Å². The number of rotatable bonds is 4. The van der Waals surface area contributed by atoms with Crippen molar-refractivity contribution in [3.05, 3.63) is 42.0 Å². The Morgan fingerprint density at radius 3 is 2.36 bits per heavy atom. The van der Waals surface area contributed by atoms with Gasteiger partial charge in [-0.15, -0.1) is 0 Å². The Balaban J connectivity index is 1.37. The second-order valence-electron chi connectivity index (χ2n) is 6.70. The maximum atomic E-state index is 12.4. The minimum atomic E-state index is -0.0291. The van der Waals surface area contributed by atoms with Crippen molar-refractivity contribution < 1.29 is 9.59 Å². The number of allylic oxidation sites excluding steroid dienone is 2. The molecule has 0 unspecified atom stereocenters. The molecule has 2 bridgehead atoms. The zero-order chi connectivity index (χ0) is 15.1. The van der Waals surface area contributed by atoms with Gasteiger partial charge in [0.2, 0.25) is 5.91 Å². The number of anilines is 1. The molecule has 3 aliphatic carbocycles. The van der Waals surface area contributed by atoms with E-state index in [1.807, 2.05) is 12.1 Å². The van der Waals surface area contributed by atoms with Crippen LogP contribution >= 0.6 is 0 Å². The molecule has 22 heavy (non-hydrogen) atoms. The van der Waals surface area contributed by atoms with Gasteiger partial charge in [0.15, 0.2) is 0 Å². The third-order valence-electron chi connectivity index (χ3n) is 4.94. The lowest BCUT2D eigenvalue weighted by Gasteiger charge is -2.17. The molecule has 2 fully saturated rings. The molecule has 2 N–H and O–H groups in total. The second-order valence-corrected chi connectivity index (χ2v) is 6.70. The zero-order valence-corrected chi connectivity index (χ0v) is 12.4. The molecule has 0 aromatic heterocycles. The summed E-state index contributed by atoms with van der Waals surface area (Å²) in [6.07, 6.45) is 8.68. The van der Waals surface area contributed by atoms with Gasteiger partial charge in [0.1, 0.15) is 0 Å². The lowest BCUT2D eigenvalue weighted by Crippen LogP contribution is -2.26. The third kappa shape index (κ3) is 2.65. The van der Waals surface area contributed by atoms with Crippen LogP contribution < -0.4 is 10.6 Å². The van der Waals surface area contributed by atoms with Gasteiger partial charge >= 0.3 is 0 Å². The van der Waals surface area contributed by atoms with Crippen LogP contribution in [0.25, 0.3) is 0 Å². The highest BCUT2D eigenvalue weighted by Crippen LogP contribution is 2.43. The highest BCUT2D eigenvalue weighted by Gasteiger charge is 2.39. The number of benzene rings is 1. The monoisotopic (exact) mass is 296 g/mol. The van der Waals surface area contributed by atoms with E-state index in [2.05, 4.69) is 22.8 Å². The summed E-state index contributed by atoms with van der Waals surface area (Å²) in [5, 5.41) is 5.94. The van der Waals surface area contributed by atoms with Crippen LogP contribution in [0.15, 0.2) is 36.4 Å². The lowest BCUT2D eigenvalue weighted by molar-refractivity contribution is -0.120. The highest BCUT2D eigenvalue weighted by molar-refractivity contribution is 5.96. The van der Waals surface area contributed by atoms with E-state index in [4.69, 9.17) is 0 Å². The van der Waals surface area contributed by atoms with E-state index in [0.717, 1.165) is 31.4 Å². The quantitative estimate of drug-likeness (QED) is 0.839. The Kier molecular flexibility index (Phi) is 3.25. The first kappa shape index (κ1) is 13.6. The molecular weight excluding hydrogens is 276 g/mol. The lowest BCUT2D eigenvalue weighted by atomic mass is 9.93. The van der Waals surface area contributed by atoms with Crippen LogP contribution in [0, 0.1) is 17.8 Å². The summed E-state index contributed by atoms with van der Waals surface area (Å²) in [6.45, 7) is 0. The van der Waals surface area contributed by atoms with Crippen molar-refractivity contribution in [2.45, 2.75) is 31.7 Å². The van der Waals surface area contributed by atoms with Crippen LogP contribution in [-0.2, 0) is 4.79 Å². The maximum Gasteiger partial charge on any atom is 0.251 e. The standard InChI is InChI=1S/C18H20N2O2/c21-17(19-15-7-8-15)12-3-5-14(6-4-12)20-18(22)16-10-11-1-2-13(16)9-11/h1-6,11,13,15-16H,7-10H2,(H,19,21)(H,20,22)/t11-,13-,16+/m0/s1. The Hall–Kier alpha value is -2.10. The fourth-order valence-electron chi connectivity index (χ4n) is 3.52. The molecule has 2 amide bonds. The summed E-state index contributed by atoms with van der Waals surface area (Å²) >= 11 is 0. The normalized spacial score (nSPS) is 28.6. The average Bonchev–Trinajstić information content (AvgIpc) is 3.09. The van der Waals surface area contributed by atoms with Gasteiger partial charge in [0.05, 0.1) is 0 Å². The Morgan fingerprint density at radius 2 is 1.77 bits per heavy atom. The summed E-state index contributed by atoms with van der Waals surface area (Å²) in [7, 11) is 0. The summed E-state index contributed by atoms with van der Waals surface area (Å²) in [6, 6.07) is 7.52. The minimum absolute atomic E-state index is 0.0291. The smallest absolute Gasteiger partial charge is 0.251 e. The molecule has 3 atom stereocenters. The average molecular weight is 296 g/mol. The molecule has 4 nitrogen and oxygen atoms in total. The van der Waals surface area contributed by atoms with Crippen LogP contribution in [0.4, 0.5) is 5.69 Å². The molecule has 1 aromatic carbocycles. The van der Waals surface area contributed by atoms with E-state index in [1.54, 1.807) is 12.1 Å². The van der Waals surface area contributed by atoms with Crippen molar-refractivity contribution in [1.82, 2.24) is 5.32 Å². The number of hydrogen-bond acceptors (Lipinski definition) is 2.